The van der Waals surface area contributed by atoms with Crippen molar-refractivity contribution in [2.75, 3.05) is 6.61 Å². The van der Waals surface area contributed by atoms with Crippen molar-refractivity contribution in [2.24, 2.45) is 0 Å². The van der Waals surface area contributed by atoms with Crippen molar-refractivity contribution in [1.29, 1.82) is 0 Å². The Bertz CT molecular complexity index is 1440. The summed E-state index contributed by atoms with van der Waals surface area (Å²) < 4.78 is 5.79. The van der Waals surface area contributed by atoms with E-state index >= 15 is 0 Å². The number of hydrogen-bond acceptors (Lipinski definition) is 6. The topological polar surface area (TPSA) is 101 Å². The quantitative estimate of drug-likeness (QED) is 0.175. The van der Waals surface area contributed by atoms with Crippen LogP contribution in [0.3, 0.4) is 0 Å². The lowest BCUT2D eigenvalue weighted by atomic mass is 9.95. The second-order valence-electron chi connectivity index (χ2n) is 11.1. The Labute approximate surface area is 245 Å². The molecule has 0 aliphatic carbocycles. The van der Waals surface area contributed by atoms with Crippen molar-refractivity contribution in [3.05, 3.63) is 88.4 Å². The maximum absolute atomic E-state index is 12.8. The van der Waals surface area contributed by atoms with E-state index in [1.807, 2.05) is 54.6 Å². The van der Waals surface area contributed by atoms with Gasteiger partial charge in [-0.3, -0.25) is 4.79 Å². The highest BCUT2D eigenvalue weighted by atomic mass is 32.1. The van der Waals surface area contributed by atoms with E-state index in [1.165, 1.54) is 24.2 Å². The molecule has 2 aromatic heterocycles. The number of aliphatic carboxylic acids is 1. The number of ether oxygens (including phenoxy) is 1. The molecule has 2 N–H and O–H groups in total. The number of nitrogens with zero attached hydrogens (tertiary/aromatic N) is 2. The Balaban J connectivity index is 1.36. The number of hydrogen-bond donors (Lipinski definition) is 2. The van der Waals surface area contributed by atoms with Crippen molar-refractivity contribution in [1.82, 2.24) is 15.3 Å². The summed E-state index contributed by atoms with van der Waals surface area (Å²) in [7, 11) is 0. The molecule has 0 radical (unpaired) electrons. The van der Waals surface area contributed by atoms with Gasteiger partial charge in [-0.1, -0.05) is 76.9 Å². The van der Waals surface area contributed by atoms with Crippen LogP contribution in [-0.4, -0.2) is 39.6 Å². The van der Waals surface area contributed by atoms with Gasteiger partial charge in [-0.05, 0) is 47.2 Å². The predicted octanol–water partition coefficient (Wildman–Crippen LogP) is 7.16. The van der Waals surface area contributed by atoms with Gasteiger partial charge in [0.25, 0.3) is 5.91 Å². The maximum atomic E-state index is 12.8. The SMILES string of the molecule is CCCCCOc1ccc(-c2cnc(-c3ccc(CC(NC(=O)c4ccc(C(C)(C)C)s4)C(=O)O)cc3)nc2)cc1. The van der Waals surface area contributed by atoms with E-state index in [-0.39, 0.29) is 17.7 Å². The van der Waals surface area contributed by atoms with E-state index in [2.05, 4.69) is 43.0 Å². The third kappa shape index (κ3) is 8.24. The molecule has 0 spiro atoms. The largest absolute Gasteiger partial charge is 0.494 e. The zero-order chi connectivity index (χ0) is 29.4. The van der Waals surface area contributed by atoms with Gasteiger partial charge in [0.05, 0.1) is 11.5 Å². The van der Waals surface area contributed by atoms with Crippen molar-refractivity contribution in [3.8, 4) is 28.3 Å². The van der Waals surface area contributed by atoms with Crippen LogP contribution in [0.2, 0.25) is 0 Å². The van der Waals surface area contributed by atoms with Crippen molar-refractivity contribution >= 4 is 23.2 Å². The summed E-state index contributed by atoms with van der Waals surface area (Å²) >= 11 is 1.39. The van der Waals surface area contributed by atoms with Gasteiger partial charge in [0.1, 0.15) is 11.8 Å². The van der Waals surface area contributed by atoms with Crippen LogP contribution < -0.4 is 10.1 Å². The van der Waals surface area contributed by atoms with Crippen LogP contribution in [-0.2, 0) is 16.6 Å². The minimum Gasteiger partial charge on any atom is -0.494 e. The molecule has 1 unspecified atom stereocenters. The lowest BCUT2D eigenvalue weighted by molar-refractivity contribution is -0.139. The summed E-state index contributed by atoms with van der Waals surface area (Å²) in [6.45, 7) is 9.13. The van der Waals surface area contributed by atoms with E-state index in [4.69, 9.17) is 4.74 Å². The molecule has 41 heavy (non-hydrogen) atoms. The highest BCUT2D eigenvalue weighted by Crippen LogP contribution is 2.29. The molecule has 2 heterocycles. The fourth-order valence-corrected chi connectivity index (χ4v) is 5.20. The number of carbonyl (C=O) groups excluding carboxylic acids is 1. The van der Waals surface area contributed by atoms with Crippen LogP contribution >= 0.6 is 11.3 Å². The number of unbranched alkanes of at least 4 members (excludes halogenated alkanes) is 2. The van der Waals surface area contributed by atoms with E-state index in [1.54, 1.807) is 18.5 Å². The molecule has 1 amide bonds. The van der Waals surface area contributed by atoms with Crippen molar-refractivity contribution < 1.29 is 19.4 Å². The molecule has 0 saturated heterocycles. The average molecular weight is 572 g/mol. The Morgan fingerprint density at radius 3 is 2.15 bits per heavy atom. The zero-order valence-corrected chi connectivity index (χ0v) is 24.8. The molecule has 8 heteroatoms. The molecule has 214 valence electrons. The van der Waals surface area contributed by atoms with Crippen LogP contribution in [0, 0.1) is 0 Å². The van der Waals surface area contributed by atoms with E-state index in [0.717, 1.165) is 45.9 Å². The smallest absolute Gasteiger partial charge is 0.326 e. The normalized spacial score (nSPS) is 12.1. The summed E-state index contributed by atoms with van der Waals surface area (Å²) in [6, 6.07) is 18.0. The predicted molar refractivity (Wildman–Crippen MR) is 164 cm³/mol. The number of rotatable bonds is 12. The van der Waals surface area contributed by atoms with Gasteiger partial charge < -0.3 is 15.2 Å². The molecule has 0 fully saturated rings. The van der Waals surface area contributed by atoms with Crippen LogP contribution in [0.5, 0.6) is 5.75 Å². The van der Waals surface area contributed by atoms with Crippen LogP contribution in [0.1, 0.15) is 67.1 Å². The standard InChI is InChI=1S/C33H37N3O4S/c1-5-6-7-18-40-26-14-12-23(13-15-26)25-20-34-30(35-21-25)24-10-8-22(9-11-24)19-27(32(38)39)36-31(37)28-16-17-29(41-28)33(2,3)4/h8-17,20-21,27H,5-7,18-19H2,1-4H3,(H,36,37)(H,38,39). The first kappa shape index (κ1) is 29.9. The number of nitrogens with one attached hydrogen (secondary N) is 1. The number of amides is 1. The summed E-state index contributed by atoms with van der Waals surface area (Å²) in [5, 5.41) is 12.4. The fraction of sp³-hybridized carbons (Fsp3) is 0.333. The highest BCUT2D eigenvalue weighted by molar-refractivity contribution is 7.14. The fourth-order valence-electron chi connectivity index (χ4n) is 4.23. The van der Waals surface area contributed by atoms with Gasteiger partial charge in [0.2, 0.25) is 0 Å². The molecular formula is C33H37N3O4S. The molecule has 4 aromatic rings. The first-order valence-electron chi connectivity index (χ1n) is 13.9. The molecular weight excluding hydrogens is 534 g/mol. The molecule has 4 rings (SSSR count). The van der Waals surface area contributed by atoms with E-state index in [9.17, 15) is 14.7 Å². The minimum atomic E-state index is -1.08. The summed E-state index contributed by atoms with van der Waals surface area (Å²) in [4.78, 5) is 35.3. The number of benzene rings is 2. The summed E-state index contributed by atoms with van der Waals surface area (Å²) in [5.74, 6) is -0.0258. The monoisotopic (exact) mass is 571 g/mol. The molecule has 2 aromatic carbocycles. The summed E-state index contributed by atoms with van der Waals surface area (Å²) in [5.41, 5.74) is 3.45. The van der Waals surface area contributed by atoms with Gasteiger partial charge in [-0.2, -0.15) is 0 Å². The van der Waals surface area contributed by atoms with Crippen molar-refractivity contribution in [2.45, 2.75) is 64.8 Å². The zero-order valence-electron chi connectivity index (χ0n) is 24.0. The third-order valence-electron chi connectivity index (χ3n) is 6.68. The van der Waals surface area contributed by atoms with Crippen LogP contribution in [0.4, 0.5) is 0 Å². The summed E-state index contributed by atoms with van der Waals surface area (Å²) in [6.07, 6.45) is 7.14. The van der Waals surface area contributed by atoms with Gasteiger partial charge in [-0.25, -0.2) is 14.8 Å². The first-order valence-corrected chi connectivity index (χ1v) is 14.7. The van der Waals surface area contributed by atoms with Gasteiger partial charge in [0.15, 0.2) is 5.82 Å². The number of carboxylic acids is 1. The van der Waals surface area contributed by atoms with Gasteiger partial charge in [0, 0.05) is 34.8 Å². The van der Waals surface area contributed by atoms with Gasteiger partial charge >= 0.3 is 5.97 Å². The molecule has 0 aliphatic rings. The number of carboxylic acid groups (broad SMARTS) is 1. The maximum Gasteiger partial charge on any atom is 0.326 e. The molecule has 0 saturated carbocycles. The second-order valence-corrected chi connectivity index (χ2v) is 12.1. The molecule has 7 nitrogen and oxygen atoms in total. The molecule has 0 aliphatic heterocycles. The lowest BCUT2D eigenvalue weighted by Gasteiger charge is -2.16. The molecule has 0 bridgehead atoms. The average Bonchev–Trinajstić information content (AvgIpc) is 3.48. The van der Waals surface area contributed by atoms with Crippen molar-refractivity contribution in [3.63, 3.8) is 0 Å². The number of thiophene rings is 1. The Hall–Kier alpha value is -4.04. The Kier molecular flexibility index (Phi) is 9.89. The van der Waals surface area contributed by atoms with Gasteiger partial charge in [-0.15, -0.1) is 11.3 Å². The van der Waals surface area contributed by atoms with Crippen LogP contribution in [0.15, 0.2) is 73.1 Å². The first-order chi connectivity index (χ1) is 19.6. The van der Waals surface area contributed by atoms with E-state index in [0.29, 0.717) is 10.7 Å². The number of aromatic nitrogens is 2. The molecule has 1 atom stereocenters. The lowest BCUT2D eigenvalue weighted by Crippen LogP contribution is -2.42. The third-order valence-corrected chi connectivity index (χ3v) is 8.19. The minimum absolute atomic E-state index is 0.0739. The Morgan fingerprint density at radius 1 is 0.902 bits per heavy atom. The van der Waals surface area contributed by atoms with Crippen LogP contribution in [0.25, 0.3) is 22.5 Å². The Morgan fingerprint density at radius 2 is 1.56 bits per heavy atom. The highest BCUT2D eigenvalue weighted by Gasteiger charge is 2.24. The second kappa shape index (κ2) is 13.5. The van der Waals surface area contributed by atoms with E-state index < -0.39 is 12.0 Å². The number of carbonyl (C=O) groups is 2.